The lowest BCUT2D eigenvalue weighted by atomic mass is 10.3. The van der Waals surface area contributed by atoms with Crippen LogP contribution in [0.2, 0.25) is 5.02 Å². The lowest BCUT2D eigenvalue weighted by Crippen LogP contribution is -2.11. The van der Waals surface area contributed by atoms with Crippen LogP contribution in [0.1, 0.15) is 16.6 Å². The molecule has 0 aliphatic heterocycles. The molecule has 0 unspecified atom stereocenters. The van der Waals surface area contributed by atoms with Crippen LogP contribution in [0.4, 0.5) is 5.69 Å². The number of anilines is 1. The third kappa shape index (κ3) is 3.72. The molecule has 100 valence electrons. The summed E-state index contributed by atoms with van der Waals surface area (Å²) in [5.41, 5.74) is 0.573. The Kier molecular flexibility index (Phi) is 4.85. The van der Waals surface area contributed by atoms with E-state index in [-0.39, 0.29) is 5.91 Å². The molecule has 0 atom stereocenters. The molecule has 1 amide bonds. The van der Waals surface area contributed by atoms with Crippen LogP contribution < -0.4 is 10.1 Å². The number of hydrogen-bond donors (Lipinski definition) is 1. The Morgan fingerprint density at radius 2 is 2.21 bits per heavy atom. The first kappa shape index (κ1) is 14.4. The van der Waals surface area contributed by atoms with Gasteiger partial charge in [-0.05, 0) is 53.2 Å². The maximum absolute atomic E-state index is 12.1. The minimum absolute atomic E-state index is 0.182. The zero-order valence-corrected chi connectivity index (χ0v) is 13.2. The highest BCUT2D eigenvalue weighted by Crippen LogP contribution is 2.29. The summed E-state index contributed by atoms with van der Waals surface area (Å²) in [7, 11) is 0. The summed E-state index contributed by atoms with van der Waals surface area (Å²) >= 11 is 10.6. The van der Waals surface area contributed by atoms with Crippen LogP contribution in [0.5, 0.6) is 5.75 Å². The van der Waals surface area contributed by atoms with Gasteiger partial charge in [0.15, 0.2) is 0 Å². The van der Waals surface area contributed by atoms with E-state index in [0.29, 0.717) is 27.9 Å². The highest BCUT2D eigenvalue weighted by atomic mass is 79.9. The number of thiophene rings is 1. The van der Waals surface area contributed by atoms with Gasteiger partial charge < -0.3 is 10.1 Å². The second-order valence-corrected chi connectivity index (χ2v) is 6.53. The van der Waals surface area contributed by atoms with Crippen LogP contribution in [0.15, 0.2) is 34.1 Å². The van der Waals surface area contributed by atoms with Gasteiger partial charge in [0.25, 0.3) is 5.91 Å². The third-order valence-corrected chi connectivity index (χ3v) is 4.14. The van der Waals surface area contributed by atoms with E-state index in [9.17, 15) is 4.79 Å². The number of nitrogens with one attached hydrogen (secondary N) is 1. The fraction of sp³-hybridized carbons (Fsp3) is 0.154. The quantitative estimate of drug-likeness (QED) is 0.849. The van der Waals surface area contributed by atoms with Crippen LogP contribution in [0.25, 0.3) is 0 Å². The van der Waals surface area contributed by atoms with E-state index in [1.165, 1.54) is 11.3 Å². The van der Waals surface area contributed by atoms with Crippen molar-refractivity contribution in [2.75, 3.05) is 11.9 Å². The van der Waals surface area contributed by atoms with Crippen LogP contribution in [0, 0.1) is 0 Å². The Morgan fingerprint density at radius 1 is 1.42 bits per heavy atom. The van der Waals surface area contributed by atoms with Gasteiger partial charge in [0.1, 0.15) is 5.75 Å². The number of rotatable bonds is 4. The van der Waals surface area contributed by atoms with Crippen molar-refractivity contribution >= 4 is 50.5 Å². The molecular weight excluding hydrogens is 350 g/mol. The Balaban J connectivity index is 2.22. The Bertz CT molecular complexity index is 600. The summed E-state index contributed by atoms with van der Waals surface area (Å²) < 4.78 is 6.37. The van der Waals surface area contributed by atoms with Gasteiger partial charge in [-0.2, -0.15) is 0 Å². The fourth-order valence-electron chi connectivity index (χ4n) is 1.50. The van der Waals surface area contributed by atoms with Gasteiger partial charge in [-0.3, -0.25) is 4.79 Å². The van der Waals surface area contributed by atoms with Crippen molar-refractivity contribution in [3.63, 3.8) is 0 Å². The number of carbonyl (C=O) groups is 1. The molecule has 1 heterocycles. The molecule has 0 aliphatic carbocycles. The average Bonchev–Trinajstić information content (AvgIpc) is 2.80. The first-order valence-corrected chi connectivity index (χ1v) is 7.58. The van der Waals surface area contributed by atoms with Crippen molar-refractivity contribution < 1.29 is 9.53 Å². The van der Waals surface area contributed by atoms with E-state index in [0.717, 1.165) is 3.79 Å². The van der Waals surface area contributed by atoms with E-state index in [2.05, 4.69) is 21.2 Å². The van der Waals surface area contributed by atoms with Gasteiger partial charge in [-0.25, -0.2) is 0 Å². The van der Waals surface area contributed by atoms with Crippen molar-refractivity contribution in [3.05, 3.63) is 44.0 Å². The maximum Gasteiger partial charge on any atom is 0.265 e. The van der Waals surface area contributed by atoms with Crippen LogP contribution >= 0.6 is 38.9 Å². The predicted molar refractivity (Wildman–Crippen MR) is 82.6 cm³/mol. The molecule has 0 spiro atoms. The SMILES string of the molecule is CCOc1ccc(Cl)cc1NC(=O)c1ccc(Br)s1. The molecule has 1 aromatic heterocycles. The standard InChI is InChI=1S/C13H11BrClNO2S/c1-2-18-10-4-3-8(15)7-9(10)16-13(17)11-5-6-12(14)19-11/h3-7H,2H2,1H3,(H,16,17). The molecule has 0 aliphatic rings. The largest absolute Gasteiger partial charge is 0.492 e. The van der Waals surface area contributed by atoms with Gasteiger partial charge in [0, 0.05) is 5.02 Å². The van der Waals surface area contributed by atoms with Gasteiger partial charge >= 0.3 is 0 Å². The molecular formula is C13H11BrClNO2S. The molecule has 6 heteroatoms. The molecule has 0 fully saturated rings. The summed E-state index contributed by atoms with van der Waals surface area (Å²) in [6.07, 6.45) is 0. The van der Waals surface area contributed by atoms with Crippen molar-refractivity contribution in [2.24, 2.45) is 0 Å². The van der Waals surface area contributed by atoms with Crippen LogP contribution in [0.3, 0.4) is 0 Å². The number of benzene rings is 1. The molecule has 1 N–H and O–H groups in total. The second kappa shape index (κ2) is 6.41. The average molecular weight is 361 g/mol. The smallest absolute Gasteiger partial charge is 0.265 e. The van der Waals surface area contributed by atoms with Crippen molar-refractivity contribution in [1.29, 1.82) is 0 Å². The maximum atomic E-state index is 12.1. The van der Waals surface area contributed by atoms with E-state index in [1.54, 1.807) is 24.3 Å². The molecule has 2 rings (SSSR count). The highest BCUT2D eigenvalue weighted by Gasteiger charge is 2.12. The topological polar surface area (TPSA) is 38.3 Å². The summed E-state index contributed by atoms with van der Waals surface area (Å²) in [6, 6.07) is 8.73. The van der Waals surface area contributed by atoms with E-state index in [1.807, 2.05) is 13.0 Å². The Labute approximate surface area is 128 Å². The van der Waals surface area contributed by atoms with Crippen LogP contribution in [-0.4, -0.2) is 12.5 Å². The Hall–Kier alpha value is -1.04. The monoisotopic (exact) mass is 359 g/mol. The zero-order chi connectivity index (χ0) is 13.8. The molecule has 0 saturated carbocycles. The molecule has 0 radical (unpaired) electrons. The first-order valence-electron chi connectivity index (χ1n) is 5.59. The normalized spacial score (nSPS) is 10.3. The minimum atomic E-state index is -0.182. The number of carbonyl (C=O) groups excluding carboxylic acids is 1. The van der Waals surface area contributed by atoms with Crippen molar-refractivity contribution in [2.45, 2.75) is 6.92 Å². The minimum Gasteiger partial charge on any atom is -0.492 e. The van der Waals surface area contributed by atoms with E-state index < -0.39 is 0 Å². The lowest BCUT2D eigenvalue weighted by Gasteiger charge is -2.11. The van der Waals surface area contributed by atoms with Gasteiger partial charge in [0.2, 0.25) is 0 Å². The molecule has 19 heavy (non-hydrogen) atoms. The molecule has 2 aromatic rings. The summed E-state index contributed by atoms with van der Waals surface area (Å²) in [4.78, 5) is 12.7. The molecule has 3 nitrogen and oxygen atoms in total. The first-order chi connectivity index (χ1) is 9.10. The zero-order valence-electron chi connectivity index (χ0n) is 10.1. The van der Waals surface area contributed by atoms with Crippen molar-refractivity contribution in [3.8, 4) is 5.75 Å². The number of halogens is 2. The van der Waals surface area contributed by atoms with Gasteiger partial charge in [-0.15, -0.1) is 11.3 Å². The number of amides is 1. The Morgan fingerprint density at radius 3 is 2.84 bits per heavy atom. The third-order valence-electron chi connectivity index (χ3n) is 2.29. The fourth-order valence-corrected chi connectivity index (χ4v) is 2.95. The number of hydrogen-bond acceptors (Lipinski definition) is 3. The summed E-state index contributed by atoms with van der Waals surface area (Å²) in [5, 5.41) is 3.35. The second-order valence-electron chi connectivity index (χ2n) is 3.63. The molecule has 0 bridgehead atoms. The van der Waals surface area contributed by atoms with E-state index in [4.69, 9.17) is 16.3 Å². The molecule has 0 saturated heterocycles. The molecule has 1 aromatic carbocycles. The van der Waals surface area contributed by atoms with Gasteiger partial charge in [0.05, 0.1) is 21.0 Å². The predicted octanol–water partition coefficient (Wildman–Crippen LogP) is 4.82. The van der Waals surface area contributed by atoms with E-state index >= 15 is 0 Å². The highest BCUT2D eigenvalue weighted by molar-refractivity contribution is 9.11. The summed E-state index contributed by atoms with van der Waals surface area (Å²) in [5.74, 6) is 0.426. The summed E-state index contributed by atoms with van der Waals surface area (Å²) in [6.45, 7) is 2.41. The number of ether oxygens (including phenoxy) is 1. The lowest BCUT2D eigenvalue weighted by molar-refractivity contribution is 0.103. The van der Waals surface area contributed by atoms with Crippen molar-refractivity contribution in [1.82, 2.24) is 0 Å². The van der Waals surface area contributed by atoms with Gasteiger partial charge in [-0.1, -0.05) is 11.6 Å². The van der Waals surface area contributed by atoms with Crippen LogP contribution in [-0.2, 0) is 0 Å².